The molecule has 0 heterocycles. The predicted octanol–water partition coefficient (Wildman–Crippen LogP) is 4.52. The molecule has 0 spiro atoms. The van der Waals surface area contributed by atoms with Gasteiger partial charge in [0.25, 0.3) is 5.91 Å². The third-order valence-electron chi connectivity index (χ3n) is 3.57. The van der Waals surface area contributed by atoms with E-state index in [4.69, 9.17) is 5.73 Å². The molecule has 0 saturated heterocycles. The number of nitrogen functional groups attached to an aromatic ring is 1. The van der Waals surface area contributed by atoms with Gasteiger partial charge in [0.2, 0.25) is 0 Å². The van der Waals surface area contributed by atoms with E-state index < -0.39 is 0 Å². The minimum atomic E-state index is -0.143. The third kappa shape index (κ3) is 3.27. The molecule has 0 bridgehead atoms. The molecule has 0 saturated carbocycles. The molecule has 0 atom stereocenters. The molecule has 0 aliphatic carbocycles. The van der Waals surface area contributed by atoms with E-state index in [9.17, 15) is 4.79 Å². The number of hydrogen-bond acceptors (Lipinski definition) is 2. The van der Waals surface area contributed by atoms with E-state index in [-0.39, 0.29) is 5.91 Å². The maximum atomic E-state index is 12.5. The second kappa shape index (κ2) is 5.90. The molecule has 110 valence electrons. The van der Waals surface area contributed by atoms with Crippen LogP contribution >= 0.6 is 15.9 Å². The van der Waals surface area contributed by atoms with Crippen LogP contribution in [0.1, 0.15) is 32.6 Å². The van der Waals surface area contributed by atoms with Gasteiger partial charge in [0.1, 0.15) is 0 Å². The molecule has 0 fully saturated rings. The van der Waals surface area contributed by atoms with Gasteiger partial charge < -0.3 is 11.1 Å². The first-order valence-corrected chi connectivity index (χ1v) is 7.53. The SMILES string of the molecule is Cc1cc(C)c(NC(=O)c2cc(Br)cc(N)c2C)c(C)c1. The number of aryl methyl sites for hydroxylation is 3. The van der Waals surface area contributed by atoms with E-state index in [0.29, 0.717) is 11.3 Å². The fourth-order valence-corrected chi connectivity index (χ4v) is 2.97. The van der Waals surface area contributed by atoms with Crippen molar-refractivity contribution >= 4 is 33.2 Å². The first kappa shape index (κ1) is 15.6. The summed E-state index contributed by atoms with van der Waals surface area (Å²) in [5.41, 5.74) is 12.1. The molecule has 3 N–H and O–H groups in total. The first-order chi connectivity index (χ1) is 9.79. The minimum Gasteiger partial charge on any atom is -0.398 e. The average molecular weight is 347 g/mol. The second-order valence-corrected chi connectivity index (χ2v) is 6.31. The predicted molar refractivity (Wildman–Crippen MR) is 91.9 cm³/mol. The Bertz CT molecular complexity index is 700. The van der Waals surface area contributed by atoms with Gasteiger partial charge in [-0.1, -0.05) is 33.6 Å². The average Bonchev–Trinajstić information content (AvgIpc) is 2.37. The van der Waals surface area contributed by atoms with Crippen molar-refractivity contribution in [3.63, 3.8) is 0 Å². The summed E-state index contributed by atoms with van der Waals surface area (Å²) in [5.74, 6) is -0.143. The van der Waals surface area contributed by atoms with Crippen molar-refractivity contribution in [3.05, 3.63) is 56.6 Å². The van der Waals surface area contributed by atoms with Crippen LogP contribution in [0, 0.1) is 27.7 Å². The van der Waals surface area contributed by atoms with Crippen molar-refractivity contribution < 1.29 is 4.79 Å². The number of nitrogens with two attached hydrogens (primary N) is 1. The summed E-state index contributed by atoms with van der Waals surface area (Å²) in [6, 6.07) is 7.71. The van der Waals surface area contributed by atoms with Gasteiger partial charge in [0.15, 0.2) is 0 Å². The molecule has 0 unspecified atom stereocenters. The number of rotatable bonds is 2. The normalized spacial score (nSPS) is 10.5. The van der Waals surface area contributed by atoms with Crippen molar-refractivity contribution in [1.82, 2.24) is 0 Å². The Hall–Kier alpha value is -1.81. The Morgan fingerprint density at radius 1 is 1.05 bits per heavy atom. The number of halogens is 1. The van der Waals surface area contributed by atoms with Crippen molar-refractivity contribution in [2.75, 3.05) is 11.1 Å². The Morgan fingerprint density at radius 3 is 2.19 bits per heavy atom. The zero-order valence-electron chi connectivity index (χ0n) is 12.7. The van der Waals surface area contributed by atoms with Crippen LogP contribution < -0.4 is 11.1 Å². The molecule has 0 aliphatic rings. The van der Waals surface area contributed by atoms with Crippen LogP contribution in [0.3, 0.4) is 0 Å². The summed E-state index contributed by atoms with van der Waals surface area (Å²) < 4.78 is 0.799. The summed E-state index contributed by atoms with van der Waals surface area (Å²) in [6.07, 6.45) is 0. The molecule has 0 aliphatic heterocycles. The zero-order chi connectivity index (χ0) is 15.7. The van der Waals surface area contributed by atoms with Gasteiger partial charge in [-0.3, -0.25) is 4.79 Å². The maximum Gasteiger partial charge on any atom is 0.256 e. The molecule has 2 aromatic carbocycles. The highest BCUT2D eigenvalue weighted by molar-refractivity contribution is 9.10. The van der Waals surface area contributed by atoms with Crippen molar-refractivity contribution in [2.24, 2.45) is 0 Å². The van der Waals surface area contributed by atoms with Crippen LogP contribution in [0.5, 0.6) is 0 Å². The zero-order valence-corrected chi connectivity index (χ0v) is 14.3. The van der Waals surface area contributed by atoms with Gasteiger partial charge in [-0.25, -0.2) is 0 Å². The summed E-state index contributed by atoms with van der Waals surface area (Å²) >= 11 is 3.38. The summed E-state index contributed by atoms with van der Waals surface area (Å²) in [7, 11) is 0. The number of amides is 1. The number of anilines is 2. The van der Waals surface area contributed by atoms with E-state index in [0.717, 1.165) is 26.9 Å². The lowest BCUT2D eigenvalue weighted by atomic mass is 10.0. The lowest BCUT2D eigenvalue weighted by Crippen LogP contribution is -2.16. The van der Waals surface area contributed by atoms with Crippen LogP contribution in [0.25, 0.3) is 0 Å². The van der Waals surface area contributed by atoms with Crippen LogP contribution in [0.4, 0.5) is 11.4 Å². The molecular formula is C17H19BrN2O. The quantitative estimate of drug-likeness (QED) is 0.785. The van der Waals surface area contributed by atoms with Crippen LogP contribution in [-0.4, -0.2) is 5.91 Å². The van der Waals surface area contributed by atoms with Gasteiger partial charge in [0.05, 0.1) is 0 Å². The molecule has 21 heavy (non-hydrogen) atoms. The lowest BCUT2D eigenvalue weighted by Gasteiger charge is -2.15. The second-order valence-electron chi connectivity index (χ2n) is 5.40. The van der Waals surface area contributed by atoms with Crippen molar-refractivity contribution in [2.45, 2.75) is 27.7 Å². The maximum absolute atomic E-state index is 12.5. The van der Waals surface area contributed by atoms with E-state index >= 15 is 0 Å². The Balaban J connectivity index is 2.40. The van der Waals surface area contributed by atoms with Crippen molar-refractivity contribution in [3.8, 4) is 0 Å². The Morgan fingerprint density at radius 2 is 1.62 bits per heavy atom. The third-order valence-corrected chi connectivity index (χ3v) is 4.03. The van der Waals surface area contributed by atoms with Crippen LogP contribution in [0.15, 0.2) is 28.7 Å². The summed E-state index contributed by atoms with van der Waals surface area (Å²) in [5, 5.41) is 3.00. The first-order valence-electron chi connectivity index (χ1n) is 6.74. The highest BCUT2D eigenvalue weighted by Crippen LogP contribution is 2.26. The standard InChI is InChI=1S/C17H19BrN2O/c1-9-5-10(2)16(11(3)6-9)20-17(21)14-7-13(18)8-15(19)12(14)4/h5-8H,19H2,1-4H3,(H,20,21). The van der Waals surface area contributed by atoms with Gasteiger partial charge in [-0.15, -0.1) is 0 Å². The highest BCUT2D eigenvalue weighted by atomic mass is 79.9. The van der Waals surface area contributed by atoms with Crippen LogP contribution in [0.2, 0.25) is 0 Å². The lowest BCUT2D eigenvalue weighted by molar-refractivity contribution is 0.102. The molecule has 1 amide bonds. The van der Waals surface area contributed by atoms with Gasteiger partial charge >= 0.3 is 0 Å². The van der Waals surface area contributed by atoms with Gasteiger partial charge in [-0.05, 0) is 56.5 Å². The van der Waals surface area contributed by atoms with Crippen LogP contribution in [-0.2, 0) is 0 Å². The number of benzene rings is 2. The minimum absolute atomic E-state index is 0.143. The molecule has 4 heteroatoms. The molecule has 2 rings (SSSR count). The number of carbonyl (C=O) groups is 1. The fourth-order valence-electron chi connectivity index (χ4n) is 2.49. The molecular weight excluding hydrogens is 328 g/mol. The topological polar surface area (TPSA) is 55.1 Å². The number of nitrogens with one attached hydrogen (secondary N) is 1. The van der Waals surface area contributed by atoms with Gasteiger partial charge in [0, 0.05) is 21.4 Å². The smallest absolute Gasteiger partial charge is 0.256 e. The molecule has 0 radical (unpaired) electrons. The van der Waals surface area contributed by atoms with Crippen molar-refractivity contribution in [1.29, 1.82) is 0 Å². The Labute approximate surface area is 133 Å². The summed E-state index contributed by atoms with van der Waals surface area (Å²) in [4.78, 5) is 12.5. The Kier molecular flexibility index (Phi) is 4.37. The van der Waals surface area contributed by atoms with E-state index in [1.165, 1.54) is 5.56 Å². The largest absolute Gasteiger partial charge is 0.398 e. The van der Waals surface area contributed by atoms with E-state index in [1.54, 1.807) is 12.1 Å². The number of carbonyl (C=O) groups excluding carboxylic acids is 1. The fraction of sp³-hybridized carbons (Fsp3) is 0.235. The molecule has 0 aromatic heterocycles. The molecule has 2 aromatic rings. The highest BCUT2D eigenvalue weighted by Gasteiger charge is 2.14. The summed E-state index contributed by atoms with van der Waals surface area (Å²) in [6.45, 7) is 7.89. The van der Waals surface area contributed by atoms with E-state index in [1.807, 2.05) is 27.7 Å². The molecule has 3 nitrogen and oxygen atoms in total. The van der Waals surface area contributed by atoms with E-state index in [2.05, 4.69) is 33.4 Å². The monoisotopic (exact) mass is 346 g/mol. The van der Waals surface area contributed by atoms with Gasteiger partial charge in [-0.2, -0.15) is 0 Å². The number of hydrogen-bond donors (Lipinski definition) is 2.